The number of hydrogen-bond donors (Lipinski definition) is 0. The van der Waals surface area contributed by atoms with Gasteiger partial charge < -0.3 is 0 Å². The van der Waals surface area contributed by atoms with Crippen molar-refractivity contribution in [3.63, 3.8) is 0 Å². The van der Waals surface area contributed by atoms with Gasteiger partial charge in [-0.25, -0.2) is 24.4 Å². The quantitative estimate of drug-likeness (QED) is 0.735. The summed E-state index contributed by atoms with van der Waals surface area (Å²) in [5.74, 6) is 1.13. The van der Waals surface area contributed by atoms with E-state index in [-0.39, 0.29) is 6.04 Å². The summed E-state index contributed by atoms with van der Waals surface area (Å²) >= 11 is 6.10. The van der Waals surface area contributed by atoms with E-state index in [0.29, 0.717) is 11.6 Å². The zero-order chi connectivity index (χ0) is 12.5. The van der Waals surface area contributed by atoms with Crippen LogP contribution in [0.15, 0.2) is 24.7 Å². The lowest BCUT2D eigenvalue weighted by molar-refractivity contribution is 0.344. The Labute approximate surface area is 110 Å². The van der Waals surface area contributed by atoms with E-state index in [2.05, 4.69) is 19.9 Å². The molecule has 0 fully saturated rings. The molecule has 0 aliphatic carbocycles. The molecule has 5 nitrogen and oxygen atoms in total. The zero-order valence-electron chi connectivity index (χ0n) is 9.91. The summed E-state index contributed by atoms with van der Waals surface area (Å²) < 4.78 is 1.78. The van der Waals surface area contributed by atoms with Gasteiger partial charge in [0.25, 0.3) is 0 Å². The Morgan fingerprint density at radius 1 is 1.22 bits per heavy atom. The Kier molecular flexibility index (Phi) is 2.93. The molecule has 92 valence electrons. The van der Waals surface area contributed by atoms with Crippen molar-refractivity contribution < 1.29 is 0 Å². The molecule has 1 aliphatic rings. The minimum atomic E-state index is 0.140. The zero-order valence-corrected chi connectivity index (χ0v) is 10.7. The van der Waals surface area contributed by atoms with Gasteiger partial charge in [0.2, 0.25) is 0 Å². The second-order valence-corrected chi connectivity index (χ2v) is 4.65. The number of fused-ring (bicyclic) bond motifs is 1. The monoisotopic (exact) mass is 261 g/mol. The summed E-state index contributed by atoms with van der Waals surface area (Å²) in [5.41, 5.74) is 2.12. The van der Waals surface area contributed by atoms with Gasteiger partial charge in [0, 0.05) is 37.1 Å². The highest BCUT2D eigenvalue weighted by Crippen LogP contribution is 2.29. The molecule has 3 rings (SSSR count). The van der Waals surface area contributed by atoms with E-state index in [1.807, 2.05) is 13.1 Å². The van der Waals surface area contributed by atoms with Gasteiger partial charge in [-0.15, -0.1) is 0 Å². The van der Waals surface area contributed by atoms with Crippen LogP contribution in [0.4, 0.5) is 0 Å². The summed E-state index contributed by atoms with van der Waals surface area (Å²) in [7, 11) is 0. The van der Waals surface area contributed by atoms with E-state index in [9.17, 15) is 0 Å². The van der Waals surface area contributed by atoms with E-state index >= 15 is 0 Å². The average Bonchev–Trinajstić information content (AvgIpc) is 2.44. The molecule has 1 atom stereocenters. The van der Waals surface area contributed by atoms with Crippen molar-refractivity contribution in [1.29, 1.82) is 0 Å². The maximum absolute atomic E-state index is 6.10. The van der Waals surface area contributed by atoms with E-state index in [0.717, 1.165) is 24.2 Å². The number of aromatic nitrogens is 4. The van der Waals surface area contributed by atoms with Crippen LogP contribution in [0.5, 0.6) is 0 Å². The van der Waals surface area contributed by atoms with Gasteiger partial charge in [0.05, 0.1) is 11.7 Å². The molecule has 18 heavy (non-hydrogen) atoms. The van der Waals surface area contributed by atoms with Gasteiger partial charge in [-0.2, -0.15) is 0 Å². The maximum Gasteiger partial charge on any atom is 0.197 e. The van der Waals surface area contributed by atoms with Crippen molar-refractivity contribution in [2.45, 2.75) is 19.4 Å². The Bertz CT molecular complexity index is 560. The third kappa shape index (κ3) is 1.95. The summed E-state index contributed by atoms with van der Waals surface area (Å²) in [4.78, 5) is 17.2. The summed E-state index contributed by atoms with van der Waals surface area (Å²) in [5, 5.41) is 0. The van der Waals surface area contributed by atoms with Crippen molar-refractivity contribution >= 4 is 11.8 Å². The highest BCUT2D eigenvalue weighted by Gasteiger charge is 2.24. The van der Waals surface area contributed by atoms with Crippen LogP contribution in [0, 0.1) is 0 Å². The lowest BCUT2D eigenvalue weighted by Gasteiger charge is -2.28. The summed E-state index contributed by atoms with van der Waals surface area (Å²) in [6.07, 6.45) is 6.03. The van der Waals surface area contributed by atoms with Crippen molar-refractivity contribution in [2.75, 3.05) is 6.54 Å². The van der Waals surface area contributed by atoms with Crippen LogP contribution >= 0.6 is 11.8 Å². The third-order valence-electron chi connectivity index (χ3n) is 3.10. The first-order valence-electron chi connectivity index (χ1n) is 5.81. The molecule has 0 amide bonds. The van der Waals surface area contributed by atoms with E-state index < -0.39 is 0 Å². The SMILES string of the molecule is CC1c2cnc(-c3ncccn3)nc2CCN1Cl. The Morgan fingerprint density at radius 2 is 2.00 bits per heavy atom. The Hall–Kier alpha value is -1.59. The molecular formula is C12H12ClN5. The van der Waals surface area contributed by atoms with Gasteiger partial charge in [0.15, 0.2) is 11.6 Å². The molecule has 0 saturated heterocycles. The van der Waals surface area contributed by atoms with Gasteiger partial charge in [-0.1, -0.05) is 0 Å². The van der Waals surface area contributed by atoms with Crippen molar-refractivity contribution in [2.24, 2.45) is 0 Å². The Morgan fingerprint density at radius 3 is 2.78 bits per heavy atom. The maximum atomic E-state index is 6.10. The Balaban J connectivity index is 2.02. The van der Waals surface area contributed by atoms with Gasteiger partial charge in [-0.05, 0) is 24.8 Å². The number of hydrogen-bond acceptors (Lipinski definition) is 5. The van der Waals surface area contributed by atoms with Crippen LogP contribution in [0.1, 0.15) is 24.2 Å². The van der Waals surface area contributed by atoms with Crippen LogP contribution in [0.25, 0.3) is 11.6 Å². The predicted octanol–water partition coefficient (Wildman–Crippen LogP) is 2.01. The molecule has 1 aliphatic heterocycles. The van der Waals surface area contributed by atoms with Crippen molar-refractivity contribution in [1.82, 2.24) is 24.4 Å². The first-order chi connectivity index (χ1) is 8.75. The highest BCUT2D eigenvalue weighted by molar-refractivity contribution is 6.13. The average molecular weight is 262 g/mol. The molecule has 3 heterocycles. The fourth-order valence-electron chi connectivity index (χ4n) is 2.06. The lowest BCUT2D eigenvalue weighted by Crippen LogP contribution is -2.27. The fourth-order valence-corrected chi connectivity index (χ4v) is 2.24. The summed E-state index contributed by atoms with van der Waals surface area (Å²) in [6.45, 7) is 2.84. The molecule has 0 spiro atoms. The molecule has 0 radical (unpaired) electrons. The number of nitrogens with zero attached hydrogens (tertiary/aromatic N) is 5. The van der Waals surface area contributed by atoms with Crippen molar-refractivity contribution in [3.8, 4) is 11.6 Å². The van der Waals surface area contributed by atoms with Crippen LogP contribution in [0.3, 0.4) is 0 Å². The second-order valence-electron chi connectivity index (χ2n) is 4.22. The first-order valence-corrected chi connectivity index (χ1v) is 6.15. The van der Waals surface area contributed by atoms with Crippen LogP contribution < -0.4 is 0 Å². The normalized spacial score (nSPS) is 19.6. The topological polar surface area (TPSA) is 54.8 Å². The molecule has 6 heteroatoms. The standard InChI is InChI=1S/C12H12ClN5/c1-8-9-7-16-12(11-14-4-2-5-15-11)17-10(9)3-6-18(8)13/h2,4-5,7-8H,3,6H2,1H3. The largest absolute Gasteiger partial charge is 0.234 e. The minimum absolute atomic E-state index is 0.140. The molecular weight excluding hydrogens is 250 g/mol. The van der Waals surface area contributed by atoms with Crippen LogP contribution in [-0.2, 0) is 6.42 Å². The fraction of sp³-hybridized carbons (Fsp3) is 0.333. The molecule has 2 aromatic rings. The molecule has 0 aromatic carbocycles. The van der Waals surface area contributed by atoms with E-state index in [1.54, 1.807) is 22.9 Å². The number of halogens is 1. The van der Waals surface area contributed by atoms with E-state index in [1.165, 1.54) is 0 Å². The lowest BCUT2D eigenvalue weighted by atomic mass is 10.0. The van der Waals surface area contributed by atoms with Gasteiger partial charge in [0.1, 0.15) is 0 Å². The molecule has 0 bridgehead atoms. The molecule has 1 unspecified atom stereocenters. The van der Waals surface area contributed by atoms with Crippen LogP contribution in [-0.4, -0.2) is 30.9 Å². The summed E-state index contributed by atoms with van der Waals surface area (Å²) in [6, 6.07) is 1.91. The predicted molar refractivity (Wildman–Crippen MR) is 67.7 cm³/mol. The highest BCUT2D eigenvalue weighted by atomic mass is 35.5. The molecule has 2 aromatic heterocycles. The van der Waals surface area contributed by atoms with Gasteiger partial charge in [-0.3, -0.25) is 0 Å². The second kappa shape index (κ2) is 4.59. The third-order valence-corrected chi connectivity index (χ3v) is 3.56. The molecule has 0 N–H and O–H groups in total. The molecule has 0 saturated carbocycles. The van der Waals surface area contributed by atoms with E-state index in [4.69, 9.17) is 11.8 Å². The van der Waals surface area contributed by atoms with Gasteiger partial charge >= 0.3 is 0 Å². The minimum Gasteiger partial charge on any atom is -0.234 e. The smallest absolute Gasteiger partial charge is 0.197 e. The van der Waals surface area contributed by atoms with Crippen LogP contribution in [0.2, 0.25) is 0 Å². The number of rotatable bonds is 1. The first kappa shape index (κ1) is 11.5. The van der Waals surface area contributed by atoms with Crippen molar-refractivity contribution in [3.05, 3.63) is 35.9 Å².